The van der Waals surface area contributed by atoms with Crippen LogP contribution in [0.4, 0.5) is 0 Å². The molecule has 6 nitrogen and oxygen atoms in total. The number of carbonyl (C=O) groups is 2. The summed E-state index contributed by atoms with van der Waals surface area (Å²) in [6.07, 6.45) is 4.09. The molecule has 3 N–H and O–H groups in total. The Hall–Kier alpha value is -2.38. The number of piperidine rings is 1. The minimum atomic E-state index is -0.441. The molecule has 1 fully saturated rings. The van der Waals surface area contributed by atoms with Gasteiger partial charge in [0.15, 0.2) is 0 Å². The van der Waals surface area contributed by atoms with E-state index < -0.39 is 5.91 Å². The Morgan fingerprint density at radius 2 is 1.80 bits per heavy atom. The molecular weight excluding hydrogens is 446 g/mol. The van der Waals surface area contributed by atoms with Crippen LogP contribution in [-0.4, -0.2) is 49.0 Å². The van der Waals surface area contributed by atoms with Crippen LogP contribution in [0.3, 0.4) is 0 Å². The van der Waals surface area contributed by atoms with Gasteiger partial charge in [0.05, 0.1) is 0 Å². The van der Waals surface area contributed by atoms with Crippen LogP contribution in [0, 0.1) is 0 Å². The second-order valence-electron chi connectivity index (χ2n) is 7.52. The van der Waals surface area contributed by atoms with Gasteiger partial charge in [-0.05, 0) is 74.7 Å². The molecule has 0 atom stereocenters. The lowest BCUT2D eigenvalue weighted by Gasteiger charge is -2.32. The van der Waals surface area contributed by atoms with Crippen LogP contribution in [0.2, 0.25) is 0 Å². The van der Waals surface area contributed by atoms with Crippen molar-refractivity contribution in [2.75, 3.05) is 26.2 Å². The van der Waals surface area contributed by atoms with Crippen molar-refractivity contribution in [2.45, 2.75) is 31.8 Å². The highest BCUT2D eigenvalue weighted by Gasteiger charge is 2.20. The first-order chi connectivity index (χ1) is 14.5. The molecule has 1 heterocycles. The standard InChI is InChI=1S/C23H28BrN3O3/c24-19-8-6-17(7-9-19)23(29)26-12-1-2-13-27-14-10-20(11-15-27)30-21-5-3-4-18(16-21)22(25)28/h3-9,16,20H,1-2,10-15H2,(H2,25,28)(H,26,29). The van der Waals surface area contributed by atoms with Gasteiger partial charge in [0.2, 0.25) is 5.91 Å². The van der Waals surface area contributed by atoms with Gasteiger partial charge in [-0.1, -0.05) is 22.0 Å². The molecule has 0 unspecified atom stereocenters. The summed E-state index contributed by atoms with van der Waals surface area (Å²) in [4.78, 5) is 25.8. The van der Waals surface area contributed by atoms with Crippen molar-refractivity contribution in [3.05, 3.63) is 64.1 Å². The third-order valence-corrected chi connectivity index (χ3v) is 5.78. The van der Waals surface area contributed by atoms with Gasteiger partial charge in [0.1, 0.15) is 11.9 Å². The maximum absolute atomic E-state index is 12.1. The van der Waals surface area contributed by atoms with E-state index in [-0.39, 0.29) is 12.0 Å². The van der Waals surface area contributed by atoms with E-state index in [1.807, 2.05) is 30.3 Å². The van der Waals surface area contributed by atoms with Crippen LogP contribution < -0.4 is 15.8 Å². The van der Waals surface area contributed by atoms with Gasteiger partial charge in [-0.25, -0.2) is 0 Å². The average Bonchev–Trinajstić information content (AvgIpc) is 2.75. The molecule has 3 rings (SSSR count). The minimum absolute atomic E-state index is 0.0270. The third kappa shape index (κ3) is 6.85. The number of hydrogen-bond donors (Lipinski definition) is 2. The van der Waals surface area contributed by atoms with E-state index in [4.69, 9.17) is 10.5 Å². The van der Waals surface area contributed by atoms with Crippen molar-refractivity contribution in [3.8, 4) is 5.75 Å². The van der Waals surface area contributed by atoms with Crippen LogP contribution in [0.25, 0.3) is 0 Å². The number of nitrogens with two attached hydrogens (primary N) is 1. The van der Waals surface area contributed by atoms with Crippen molar-refractivity contribution in [1.82, 2.24) is 10.2 Å². The highest BCUT2D eigenvalue weighted by Crippen LogP contribution is 2.20. The van der Waals surface area contributed by atoms with Gasteiger partial charge in [-0.15, -0.1) is 0 Å². The number of primary amides is 1. The largest absolute Gasteiger partial charge is 0.490 e. The summed E-state index contributed by atoms with van der Waals surface area (Å²) in [6, 6.07) is 14.4. The number of amides is 2. The molecular formula is C23H28BrN3O3. The van der Waals surface area contributed by atoms with Gasteiger partial charge in [-0.3, -0.25) is 9.59 Å². The predicted molar refractivity (Wildman–Crippen MR) is 121 cm³/mol. The van der Waals surface area contributed by atoms with E-state index >= 15 is 0 Å². The first-order valence-corrected chi connectivity index (χ1v) is 11.1. The molecule has 1 aliphatic heterocycles. The van der Waals surface area contributed by atoms with Crippen LogP contribution in [0.15, 0.2) is 53.0 Å². The second kappa shape index (κ2) is 11.1. The van der Waals surface area contributed by atoms with E-state index in [9.17, 15) is 9.59 Å². The van der Waals surface area contributed by atoms with Gasteiger partial charge in [-0.2, -0.15) is 0 Å². The van der Waals surface area contributed by atoms with Crippen LogP contribution >= 0.6 is 15.9 Å². The molecule has 0 aromatic heterocycles. The van der Waals surface area contributed by atoms with Gasteiger partial charge >= 0.3 is 0 Å². The van der Waals surface area contributed by atoms with E-state index in [1.165, 1.54) is 0 Å². The van der Waals surface area contributed by atoms with E-state index in [2.05, 4.69) is 26.1 Å². The van der Waals surface area contributed by atoms with Crippen LogP contribution in [0.5, 0.6) is 5.75 Å². The zero-order valence-electron chi connectivity index (χ0n) is 17.0. The summed E-state index contributed by atoms with van der Waals surface area (Å²) in [5.74, 6) is 0.232. The average molecular weight is 474 g/mol. The number of carbonyl (C=O) groups excluding carboxylic acids is 2. The summed E-state index contributed by atoms with van der Waals surface area (Å²) in [7, 11) is 0. The molecule has 2 aromatic rings. The SMILES string of the molecule is NC(=O)c1cccc(OC2CCN(CCCCNC(=O)c3ccc(Br)cc3)CC2)c1. The Kier molecular flexibility index (Phi) is 8.28. The number of nitrogens with one attached hydrogen (secondary N) is 1. The Bertz CT molecular complexity index is 849. The fourth-order valence-electron chi connectivity index (χ4n) is 3.53. The monoisotopic (exact) mass is 473 g/mol. The molecule has 160 valence electrons. The number of hydrogen-bond acceptors (Lipinski definition) is 4. The molecule has 0 spiro atoms. The number of rotatable bonds is 9. The first-order valence-electron chi connectivity index (χ1n) is 10.3. The van der Waals surface area contributed by atoms with Crippen molar-refractivity contribution >= 4 is 27.7 Å². The fraction of sp³-hybridized carbons (Fsp3) is 0.391. The number of likely N-dealkylation sites (tertiary alicyclic amines) is 1. The Morgan fingerprint density at radius 1 is 1.07 bits per heavy atom. The molecule has 0 saturated carbocycles. The van der Waals surface area contributed by atoms with Crippen LogP contribution in [-0.2, 0) is 0 Å². The van der Waals surface area contributed by atoms with E-state index in [0.717, 1.165) is 49.8 Å². The Morgan fingerprint density at radius 3 is 2.50 bits per heavy atom. The summed E-state index contributed by atoms with van der Waals surface area (Å²) in [5, 5.41) is 2.98. The lowest BCUT2D eigenvalue weighted by Crippen LogP contribution is -2.39. The number of ether oxygens (including phenoxy) is 1. The molecule has 2 aromatic carbocycles. The smallest absolute Gasteiger partial charge is 0.251 e. The number of unbranched alkanes of at least 4 members (excludes halogenated alkanes) is 1. The second-order valence-corrected chi connectivity index (χ2v) is 8.44. The topological polar surface area (TPSA) is 84.7 Å². The van der Waals surface area contributed by atoms with Crippen molar-refractivity contribution in [2.24, 2.45) is 5.73 Å². The molecule has 0 bridgehead atoms. The van der Waals surface area contributed by atoms with Crippen molar-refractivity contribution in [3.63, 3.8) is 0 Å². The quantitative estimate of drug-likeness (QED) is 0.544. The lowest BCUT2D eigenvalue weighted by molar-refractivity contribution is 0.0943. The molecule has 7 heteroatoms. The Labute approximate surface area is 185 Å². The molecule has 30 heavy (non-hydrogen) atoms. The van der Waals surface area contributed by atoms with Gasteiger partial charge < -0.3 is 20.7 Å². The van der Waals surface area contributed by atoms with E-state index in [0.29, 0.717) is 23.4 Å². The summed E-state index contributed by atoms with van der Waals surface area (Å²) >= 11 is 3.37. The van der Waals surface area contributed by atoms with Crippen molar-refractivity contribution < 1.29 is 14.3 Å². The zero-order valence-corrected chi connectivity index (χ0v) is 18.6. The Balaban J connectivity index is 1.30. The normalized spacial score (nSPS) is 15.0. The highest BCUT2D eigenvalue weighted by atomic mass is 79.9. The summed E-state index contributed by atoms with van der Waals surface area (Å²) < 4.78 is 6.99. The van der Waals surface area contributed by atoms with Gasteiger partial charge in [0.25, 0.3) is 5.91 Å². The van der Waals surface area contributed by atoms with Gasteiger partial charge in [0, 0.05) is 35.2 Å². The number of halogens is 1. The fourth-order valence-corrected chi connectivity index (χ4v) is 3.80. The maximum atomic E-state index is 12.1. The predicted octanol–water partition coefficient (Wildman–Crippen LogP) is 3.60. The highest BCUT2D eigenvalue weighted by molar-refractivity contribution is 9.10. The molecule has 1 saturated heterocycles. The molecule has 2 amide bonds. The minimum Gasteiger partial charge on any atom is -0.490 e. The van der Waals surface area contributed by atoms with Crippen molar-refractivity contribution in [1.29, 1.82) is 0 Å². The maximum Gasteiger partial charge on any atom is 0.251 e. The molecule has 1 aliphatic rings. The lowest BCUT2D eigenvalue weighted by atomic mass is 10.1. The number of nitrogens with zero attached hydrogens (tertiary/aromatic N) is 1. The molecule has 0 radical (unpaired) electrons. The summed E-state index contributed by atoms with van der Waals surface area (Å²) in [6.45, 7) is 3.69. The van der Waals surface area contributed by atoms with Crippen LogP contribution in [0.1, 0.15) is 46.4 Å². The van der Waals surface area contributed by atoms with E-state index in [1.54, 1.807) is 18.2 Å². The molecule has 0 aliphatic carbocycles. The number of benzene rings is 2. The first kappa shape index (κ1) is 22.3. The zero-order chi connectivity index (χ0) is 21.3. The third-order valence-electron chi connectivity index (χ3n) is 5.25. The summed E-state index contributed by atoms with van der Waals surface area (Å²) in [5.41, 5.74) is 6.48.